The molecule has 0 bridgehead atoms. The molecule has 5 nitrogen and oxygen atoms in total. The summed E-state index contributed by atoms with van der Waals surface area (Å²) < 4.78 is 0. The second-order valence-corrected chi connectivity index (χ2v) is 7.05. The number of hydrogen-bond donors (Lipinski definition) is 1. The third-order valence-corrected chi connectivity index (χ3v) is 5.16. The van der Waals surface area contributed by atoms with Crippen LogP contribution in [0.3, 0.4) is 0 Å². The molecule has 1 N–H and O–H groups in total. The van der Waals surface area contributed by atoms with Crippen molar-refractivity contribution in [1.82, 2.24) is 15.2 Å². The van der Waals surface area contributed by atoms with Crippen molar-refractivity contribution in [2.45, 2.75) is 52.5 Å². The third kappa shape index (κ3) is 6.31. The average molecular weight is 347 g/mol. The summed E-state index contributed by atoms with van der Waals surface area (Å²) in [5, 5.41) is 3.23. The summed E-state index contributed by atoms with van der Waals surface area (Å²) in [4.78, 5) is 21.7. The van der Waals surface area contributed by atoms with Gasteiger partial charge in [0.25, 0.3) is 0 Å². The molecule has 5 heteroatoms. The van der Waals surface area contributed by atoms with Crippen molar-refractivity contribution in [3.8, 4) is 0 Å². The maximum Gasteiger partial charge on any atom is 0.225 e. The van der Waals surface area contributed by atoms with Crippen LogP contribution in [0.15, 0.2) is 24.4 Å². The molecule has 1 amide bonds. The van der Waals surface area contributed by atoms with Gasteiger partial charge in [-0.15, -0.1) is 0 Å². The zero-order valence-electron chi connectivity index (χ0n) is 16.1. The van der Waals surface area contributed by atoms with Crippen LogP contribution in [0.4, 0.5) is 5.82 Å². The van der Waals surface area contributed by atoms with Gasteiger partial charge in [0.15, 0.2) is 0 Å². The Hall–Kier alpha value is -1.62. The highest BCUT2D eigenvalue weighted by molar-refractivity contribution is 5.79. The first kappa shape index (κ1) is 19.7. The van der Waals surface area contributed by atoms with E-state index in [-0.39, 0.29) is 17.9 Å². The molecule has 0 unspecified atom stereocenters. The first-order valence-electron chi connectivity index (χ1n) is 9.82. The third-order valence-electron chi connectivity index (χ3n) is 5.16. The zero-order chi connectivity index (χ0) is 18.1. The summed E-state index contributed by atoms with van der Waals surface area (Å²) in [5.41, 5.74) is 0. The first-order chi connectivity index (χ1) is 12.1. The molecule has 1 fully saturated rings. The maximum atomic E-state index is 12.6. The van der Waals surface area contributed by atoms with Crippen LogP contribution in [0.1, 0.15) is 46.5 Å². The van der Waals surface area contributed by atoms with E-state index in [9.17, 15) is 4.79 Å². The lowest BCUT2D eigenvalue weighted by Crippen LogP contribution is -2.45. The molecule has 0 saturated carbocycles. The lowest BCUT2D eigenvalue weighted by atomic mass is 9.96. The van der Waals surface area contributed by atoms with E-state index in [2.05, 4.69) is 40.9 Å². The van der Waals surface area contributed by atoms with E-state index in [0.29, 0.717) is 0 Å². The highest BCUT2D eigenvalue weighted by Gasteiger charge is 2.27. The fourth-order valence-corrected chi connectivity index (χ4v) is 3.53. The van der Waals surface area contributed by atoms with Crippen molar-refractivity contribution in [3.05, 3.63) is 24.4 Å². The number of nitrogens with one attached hydrogen (secondary N) is 1. The topological polar surface area (TPSA) is 48.5 Å². The van der Waals surface area contributed by atoms with Crippen LogP contribution in [-0.4, -0.2) is 54.6 Å². The molecule has 0 aromatic carbocycles. The summed E-state index contributed by atoms with van der Waals surface area (Å²) in [6.07, 6.45) is 6.01. The second kappa shape index (κ2) is 10.4. The Balaban J connectivity index is 1.76. The van der Waals surface area contributed by atoms with Crippen molar-refractivity contribution in [3.63, 3.8) is 0 Å². The van der Waals surface area contributed by atoms with Gasteiger partial charge in [-0.05, 0) is 64.4 Å². The Morgan fingerprint density at radius 3 is 2.88 bits per heavy atom. The molecule has 1 aromatic rings. The molecule has 2 rings (SSSR count). The minimum Gasteiger partial charge on any atom is -0.356 e. The van der Waals surface area contributed by atoms with Crippen molar-refractivity contribution >= 4 is 11.7 Å². The van der Waals surface area contributed by atoms with Crippen LogP contribution in [0, 0.1) is 5.92 Å². The Morgan fingerprint density at radius 2 is 2.20 bits per heavy atom. The van der Waals surface area contributed by atoms with Gasteiger partial charge in [-0.2, -0.15) is 0 Å². The first-order valence-corrected chi connectivity index (χ1v) is 9.82. The molecular formula is C20H34N4O. The quantitative estimate of drug-likeness (QED) is 0.747. The summed E-state index contributed by atoms with van der Waals surface area (Å²) in [6.45, 7) is 11.6. The Bertz CT molecular complexity index is 504. The van der Waals surface area contributed by atoms with Crippen molar-refractivity contribution < 1.29 is 4.79 Å². The van der Waals surface area contributed by atoms with Gasteiger partial charge in [0, 0.05) is 25.3 Å². The number of anilines is 1. The lowest BCUT2D eigenvalue weighted by molar-refractivity contribution is -0.125. The zero-order valence-corrected chi connectivity index (χ0v) is 16.1. The van der Waals surface area contributed by atoms with Crippen molar-refractivity contribution in [2.75, 3.05) is 37.6 Å². The van der Waals surface area contributed by atoms with E-state index < -0.39 is 0 Å². The summed E-state index contributed by atoms with van der Waals surface area (Å²) >= 11 is 0. The van der Waals surface area contributed by atoms with Crippen LogP contribution < -0.4 is 10.2 Å². The normalized spacial score (nSPS) is 19.0. The predicted octanol–water partition coefficient (Wildman–Crippen LogP) is 2.92. The number of carbonyl (C=O) groups excluding carboxylic acids is 1. The number of rotatable bonds is 9. The molecule has 1 aliphatic rings. The van der Waals surface area contributed by atoms with Gasteiger partial charge in [-0.25, -0.2) is 4.98 Å². The monoisotopic (exact) mass is 346 g/mol. The number of nitrogens with zero attached hydrogens (tertiary/aromatic N) is 3. The molecular weight excluding hydrogens is 312 g/mol. The molecule has 0 aliphatic carbocycles. The van der Waals surface area contributed by atoms with E-state index in [1.54, 1.807) is 0 Å². The summed E-state index contributed by atoms with van der Waals surface area (Å²) in [7, 11) is 0. The Labute approximate surface area is 152 Å². The molecule has 1 saturated heterocycles. The van der Waals surface area contributed by atoms with Crippen LogP contribution in [0.2, 0.25) is 0 Å². The largest absolute Gasteiger partial charge is 0.356 e. The number of carbonyl (C=O) groups is 1. The van der Waals surface area contributed by atoms with Gasteiger partial charge in [-0.3, -0.25) is 4.79 Å². The molecule has 0 spiro atoms. The molecule has 2 atom stereocenters. The van der Waals surface area contributed by atoms with E-state index in [4.69, 9.17) is 0 Å². The number of pyridine rings is 1. The highest BCUT2D eigenvalue weighted by Crippen LogP contribution is 2.21. The van der Waals surface area contributed by atoms with Gasteiger partial charge in [0.1, 0.15) is 5.82 Å². The number of hydrogen-bond acceptors (Lipinski definition) is 4. The fraction of sp³-hybridized carbons (Fsp3) is 0.700. The van der Waals surface area contributed by atoms with Gasteiger partial charge < -0.3 is 15.1 Å². The van der Waals surface area contributed by atoms with Gasteiger partial charge in [0.05, 0.1) is 5.92 Å². The minimum absolute atomic E-state index is 0.0704. The van der Waals surface area contributed by atoms with Gasteiger partial charge in [-0.1, -0.05) is 19.9 Å². The molecule has 140 valence electrons. The van der Waals surface area contributed by atoms with E-state index >= 15 is 0 Å². The number of amides is 1. The molecule has 1 aliphatic heterocycles. The maximum absolute atomic E-state index is 12.6. The van der Waals surface area contributed by atoms with Crippen LogP contribution in [0.25, 0.3) is 0 Å². The SMILES string of the molecule is CCN(CC)CCC[C@H](C)NC(=O)[C@@H]1CCCN(c2ccccn2)C1. The average Bonchev–Trinajstić information content (AvgIpc) is 2.66. The summed E-state index contributed by atoms with van der Waals surface area (Å²) in [6, 6.07) is 6.20. The Morgan fingerprint density at radius 1 is 1.40 bits per heavy atom. The Kier molecular flexibility index (Phi) is 8.19. The smallest absolute Gasteiger partial charge is 0.225 e. The lowest BCUT2D eigenvalue weighted by Gasteiger charge is -2.33. The predicted molar refractivity (Wildman–Crippen MR) is 104 cm³/mol. The van der Waals surface area contributed by atoms with Gasteiger partial charge >= 0.3 is 0 Å². The number of aromatic nitrogens is 1. The van der Waals surface area contributed by atoms with E-state index in [1.807, 2.05) is 24.4 Å². The van der Waals surface area contributed by atoms with Crippen LogP contribution in [0.5, 0.6) is 0 Å². The standard InChI is InChI=1S/C20H34N4O/c1-4-23(5-2)14-8-10-17(3)22-20(25)18-11-9-15-24(16-18)19-12-6-7-13-21-19/h6-7,12-13,17-18H,4-5,8-11,14-16H2,1-3H3,(H,22,25)/t17-,18+/m0/s1. The molecule has 2 heterocycles. The molecule has 25 heavy (non-hydrogen) atoms. The van der Waals surface area contributed by atoms with Crippen molar-refractivity contribution in [1.29, 1.82) is 0 Å². The van der Waals surface area contributed by atoms with Crippen LogP contribution in [-0.2, 0) is 4.79 Å². The minimum atomic E-state index is 0.0704. The fourth-order valence-electron chi connectivity index (χ4n) is 3.53. The van der Waals surface area contributed by atoms with Crippen LogP contribution >= 0.6 is 0 Å². The van der Waals surface area contributed by atoms with Gasteiger partial charge in [0.2, 0.25) is 5.91 Å². The van der Waals surface area contributed by atoms with Crippen molar-refractivity contribution in [2.24, 2.45) is 5.92 Å². The van der Waals surface area contributed by atoms with E-state index in [0.717, 1.165) is 64.2 Å². The number of piperidine rings is 1. The van der Waals surface area contributed by atoms with E-state index in [1.165, 1.54) is 0 Å². The molecule has 1 aromatic heterocycles. The summed E-state index contributed by atoms with van der Waals surface area (Å²) in [5.74, 6) is 1.25. The molecule has 0 radical (unpaired) electrons. The second-order valence-electron chi connectivity index (χ2n) is 7.05. The highest BCUT2D eigenvalue weighted by atomic mass is 16.2.